The molecule has 21 heavy (non-hydrogen) atoms. The van der Waals surface area contributed by atoms with Crippen molar-refractivity contribution in [3.8, 4) is 11.8 Å². The molecule has 0 aliphatic rings. The van der Waals surface area contributed by atoms with Gasteiger partial charge in [0.15, 0.2) is 0 Å². The van der Waals surface area contributed by atoms with E-state index in [2.05, 4.69) is 30.3 Å². The summed E-state index contributed by atoms with van der Waals surface area (Å²) in [5.41, 5.74) is 3.17. The highest BCUT2D eigenvalue weighted by Crippen LogP contribution is 2.23. The molecule has 3 aromatic rings. The summed E-state index contributed by atoms with van der Waals surface area (Å²) in [6.45, 7) is 0. The predicted octanol–water partition coefficient (Wildman–Crippen LogP) is 4.31. The van der Waals surface area contributed by atoms with Crippen LogP contribution in [0.25, 0.3) is 10.8 Å². The average Bonchev–Trinajstić information content (AvgIpc) is 2.55. The average molecular weight is 273 g/mol. The van der Waals surface area contributed by atoms with Crippen LogP contribution in [0.15, 0.2) is 60.7 Å². The molecule has 2 heteroatoms. The minimum atomic E-state index is 0.698. The van der Waals surface area contributed by atoms with Crippen molar-refractivity contribution < 1.29 is 4.74 Å². The standard InChI is InChI=1S/C19H15NO/c1-21-19-9-8-17-11-16(6-7-18(17)12-19)10-14-2-4-15(13-20)5-3-14/h2-9,11-12H,10H2,1H3. The molecule has 3 rings (SSSR count). The van der Waals surface area contributed by atoms with Gasteiger partial charge in [-0.3, -0.25) is 0 Å². The van der Waals surface area contributed by atoms with Gasteiger partial charge >= 0.3 is 0 Å². The maximum absolute atomic E-state index is 8.82. The van der Waals surface area contributed by atoms with E-state index in [1.165, 1.54) is 21.9 Å². The molecule has 0 aliphatic carbocycles. The Kier molecular flexibility index (Phi) is 3.57. The Balaban J connectivity index is 1.88. The monoisotopic (exact) mass is 273 g/mol. The normalized spacial score (nSPS) is 10.3. The van der Waals surface area contributed by atoms with E-state index in [9.17, 15) is 0 Å². The highest BCUT2D eigenvalue weighted by atomic mass is 16.5. The van der Waals surface area contributed by atoms with Gasteiger partial charge in [-0.15, -0.1) is 0 Å². The van der Waals surface area contributed by atoms with Crippen LogP contribution in [-0.4, -0.2) is 7.11 Å². The highest BCUT2D eigenvalue weighted by molar-refractivity contribution is 5.84. The van der Waals surface area contributed by atoms with Crippen molar-refractivity contribution in [1.29, 1.82) is 5.26 Å². The smallest absolute Gasteiger partial charge is 0.119 e. The molecule has 0 heterocycles. The molecule has 0 fully saturated rings. The Hall–Kier alpha value is -2.79. The SMILES string of the molecule is COc1ccc2cc(Cc3ccc(C#N)cc3)ccc2c1. The minimum absolute atomic E-state index is 0.698. The summed E-state index contributed by atoms with van der Waals surface area (Å²) in [7, 11) is 1.68. The Morgan fingerprint density at radius 1 is 0.857 bits per heavy atom. The zero-order chi connectivity index (χ0) is 14.7. The molecule has 0 aliphatic heterocycles. The molecule has 0 radical (unpaired) electrons. The fraction of sp³-hybridized carbons (Fsp3) is 0.105. The molecule has 0 aromatic heterocycles. The Bertz CT molecular complexity index is 813. The number of nitriles is 1. The van der Waals surface area contributed by atoms with E-state index < -0.39 is 0 Å². The Labute approximate surface area is 124 Å². The van der Waals surface area contributed by atoms with Gasteiger partial charge in [-0.2, -0.15) is 5.26 Å². The van der Waals surface area contributed by atoms with Crippen molar-refractivity contribution >= 4 is 10.8 Å². The summed E-state index contributed by atoms with van der Waals surface area (Å²) < 4.78 is 5.24. The molecule has 0 amide bonds. The van der Waals surface area contributed by atoms with Gasteiger partial charge in [0.1, 0.15) is 5.75 Å². The first kappa shape index (κ1) is 13.2. The number of rotatable bonds is 3. The molecule has 102 valence electrons. The molecule has 0 saturated heterocycles. The van der Waals surface area contributed by atoms with E-state index in [0.717, 1.165) is 12.2 Å². The van der Waals surface area contributed by atoms with Crippen molar-refractivity contribution in [2.75, 3.05) is 7.11 Å². The van der Waals surface area contributed by atoms with Crippen molar-refractivity contribution in [2.45, 2.75) is 6.42 Å². The van der Waals surface area contributed by atoms with Crippen molar-refractivity contribution in [3.05, 3.63) is 77.4 Å². The molecule has 0 spiro atoms. The lowest BCUT2D eigenvalue weighted by Crippen LogP contribution is -1.89. The first-order valence-electron chi connectivity index (χ1n) is 6.84. The third-order valence-electron chi connectivity index (χ3n) is 3.60. The maximum Gasteiger partial charge on any atom is 0.119 e. The zero-order valence-electron chi connectivity index (χ0n) is 11.8. The number of fused-ring (bicyclic) bond motifs is 1. The highest BCUT2D eigenvalue weighted by Gasteiger charge is 2.01. The number of hydrogen-bond donors (Lipinski definition) is 0. The lowest BCUT2D eigenvalue weighted by molar-refractivity contribution is 0.415. The number of methoxy groups -OCH3 is 1. The van der Waals surface area contributed by atoms with E-state index in [1.807, 2.05) is 36.4 Å². The van der Waals surface area contributed by atoms with Crippen LogP contribution in [0.5, 0.6) is 5.75 Å². The predicted molar refractivity (Wildman–Crippen MR) is 84.5 cm³/mol. The van der Waals surface area contributed by atoms with Crippen LogP contribution in [0.4, 0.5) is 0 Å². The Morgan fingerprint density at radius 2 is 1.52 bits per heavy atom. The fourth-order valence-electron chi connectivity index (χ4n) is 2.44. The van der Waals surface area contributed by atoms with Crippen molar-refractivity contribution in [2.24, 2.45) is 0 Å². The summed E-state index contributed by atoms with van der Waals surface area (Å²) >= 11 is 0. The van der Waals surface area contributed by atoms with E-state index in [4.69, 9.17) is 10.00 Å². The summed E-state index contributed by atoms with van der Waals surface area (Å²) in [6, 6.07) is 22.5. The second-order valence-electron chi connectivity index (χ2n) is 5.03. The van der Waals surface area contributed by atoms with E-state index in [1.54, 1.807) is 7.11 Å². The number of hydrogen-bond acceptors (Lipinski definition) is 2. The Morgan fingerprint density at radius 3 is 2.24 bits per heavy atom. The topological polar surface area (TPSA) is 33.0 Å². The summed E-state index contributed by atoms with van der Waals surface area (Å²) in [5.74, 6) is 0.877. The van der Waals surface area contributed by atoms with Crippen LogP contribution in [-0.2, 0) is 6.42 Å². The molecule has 0 bridgehead atoms. The van der Waals surface area contributed by atoms with Crippen LogP contribution < -0.4 is 4.74 Å². The van der Waals surface area contributed by atoms with Crippen LogP contribution >= 0.6 is 0 Å². The maximum atomic E-state index is 8.82. The van der Waals surface area contributed by atoms with Gasteiger partial charge in [0.05, 0.1) is 18.7 Å². The lowest BCUT2D eigenvalue weighted by atomic mass is 10.0. The van der Waals surface area contributed by atoms with Gasteiger partial charge in [0, 0.05) is 0 Å². The van der Waals surface area contributed by atoms with E-state index >= 15 is 0 Å². The van der Waals surface area contributed by atoms with Crippen LogP contribution in [0.3, 0.4) is 0 Å². The quantitative estimate of drug-likeness (QED) is 0.712. The summed E-state index contributed by atoms with van der Waals surface area (Å²) in [5, 5.41) is 11.2. The van der Waals surface area contributed by atoms with Crippen molar-refractivity contribution in [1.82, 2.24) is 0 Å². The number of ether oxygens (including phenoxy) is 1. The molecular weight excluding hydrogens is 258 g/mol. The first-order chi connectivity index (χ1) is 10.3. The number of nitrogens with zero attached hydrogens (tertiary/aromatic N) is 1. The van der Waals surface area contributed by atoms with Crippen LogP contribution in [0.1, 0.15) is 16.7 Å². The third kappa shape index (κ3) is 2.88. The third-order valence-corrected chi connectivity index (χ3v) is 3.60. The fourth-order valence-corrected chi connectivity index (χ4v) is 2.44. The second-order valence-corrected chi connectivity index (χ2v) is 5.03. The number of benzene rings is 3. The largest absolute Gasteiger partial charge is 0.497 e. The first-order valence-corrected chi connectivity index (χ1v) is 6.84. The van der Waals surface area contributed by atoms with Gasteiger partial charge in [0.25, 0.3) is 0 Å². The van der Waals surface area contributed by atoms with Gasteiger partial charge < -0.3 is 4.74 Å². The molecule has 0 atom stereocenters. The second kappa shape index (κ2) is 5.68. The van der Waals surface area contributed by atoms with Crippen LogP contribution in [0.2, 0.25) is 0 Å². The molecule has 0 saturated carbocycles. The van der Waals surface area contributed by atoms with Gasteiger partial charge in [0.2, 0.25) is 0 Å². The zero-order valence-corrected chi connectivity index (χ0v) is 11.8. The minimum Gasteiger partial charge on any atom is -0.497 e. The van der Waals surface area contributed by atoms with E-state index in [-0.39, 0.29) is 0 Å². The molecule has 3 aromatic carbocycles. The lowest BCUT2D eigenvalue weighted by Gasteiger charge is -2.06. The van der Waals surface area contributed by atoms with Crippen LogP contribution in [0, 0.1) is 11.3 Å². The van der Waals surface area contributed by atoms with Gasteiger partial charge in [-0.1, -0.05) is 36.4 Å². The summed E-state index contributed by atoms with van der Waals surface area (Å²) in [6.07, 6.45) is 0.869. The molecule has 2 nitrogen and oxygen atoms in total. The summed E-state index contributed by atoms with van der Waals surface area (Å²) in [4.78, 5) is 0. The molecule has 0 N–H and O–H groups in total. The van der Waals surface area contributed by atoms with Gasteiger partial charge in [-0.25, -0.2) is 0 Å². The van der Waals surface area contributed by atoms with Crippen molar-refractivity contribution in [3.63, 3.8) is 0 Å². The van der Waals surface area contributed by atoms with E-state index in [0.29, 0.717) is 5.56 Å². The molecule has 0 unspecified atom stereocenters. The van der Waals surface area contributed by atoms with Gasteiger partial charge in [-0.05, 0) is 52.6 Å². The molecular formula is C19H15NO.